The highest BCUT2D eigenvalue weighted by molar-refractivity contribution is 5.70. The van der Waals surface area contributed by atoms with Crippen molar-refractivity contribution in [3.63, 3.8) is 0 Å². The molecule has 0 aromatic heterocycles. The Morgan fingerprint density at radius 3 is 0.717 bits per heavy atom. The Labute approximate surface area is 575 Å². The molecule has 1 N–H and O–H groups in total. The van der Waals surface area contributed by atoms with Gasteiger partial charge in [-0.1, -0.05) is 420 Å². The highest BCUT2D eigenvalue weighted by atomic mass is 16.6. The quantitative estimate of drug-likeness (QED) is 0.0373. The molecule has 0 aliphatic heterocycles. The second-order valence-electron chi connectivity index (χ2n) is 27.8. The van der Waals surface area contributed by atoms with Crippen LogP contribution in [0.3, 0.4) is 0 Å². The molecule has 0 radical (unpaired) electrons. The Bertz CT molecular complexity index is 1650. The van der Waals surface area contributed by atoms with Crippen molar-refractivity contribution in [2.24, 2.45) is 0 Å². The normalized spacial score (nSPS) is 12.6. The number of rotatable bonds is 77. The second kappa shape index (κ2) is 82.3. The van der Waals surface area contributed by atoms with Gasteiger partial charge >= 0.3 is 11.9 Å². The largest absolute Gasteiger partial charge is 0.462 e. The lowest BCUT2D eigenvalue weighted by atomic mass is 10.0. The first-order chi connectivity index (χ1) is 45.6. The van der Waals surface area contributed by atoms with E-state index < -0.39 is 6.10 Å². The molecule has 0 spiro atoms. The summed E-state index contributed by atoms with van der Waals surface area (Å²) in [6, 6.07) is 0. The number of carbonyl (C=O) groups excluding carboxylic acids is 2. The zero-order valence-corrected chi connectivity index (χ0v) is 61.8. The number of allylic oxidation sites excluding steroid dienone is 14. The number of hydrogen-bond donors (Lipinski definition) is 1. The van der Waals surface area contributed by atoms with Gasteiger partial charge in [-0.05, 0) is 89.9 Å². The average molecular weight is 1280 g/mol. The SMILES string of the molecule is CC/C=C\C/C=C\C/C=C\C/C=C\C/C=C\C/C=C\CCCCCCCCCCCCCCCCCCCCCCC(=O)OC(CO)COC(=O)CCCCCCCCCCCCCCCCCCCCCCCCCCCCC/C=C\CCCCCCCCCC. The topological polar surface area (TPSA) is 72.8 Å². The minimum atomic E-state index is -0.773. The first kappa shape index (κ1) is 89.1. The predicted molar refractivity (Wildman–Crippen MR) is 408 cm³/mol. The Morgan fingerprint density at radius 1 is 0.261 bits per heavy atom. The van der Waals surface area contributed by atoms with Crippen molar-refractivity contribution in [2.45, 2.75) is 444 Å². The summed E-state index contributed by atoms with van der Waals surface area (Å²) in [6.07, 6.45) is 117. The molecule has 0 bridgehead atoms. The molecule has 92 heavy (non-hydrogen) atoms. The summed E-state index contributed by atoms with van der Waals surface area (Å²) >= 11 is 0. The van der Waals surface area contributed by atoms with Gasteiger partial charge in [0, 0.05) is 12.8 Å². The zero-order chi connectivity index (χ0) is 66.1. The number of ether oxygens (including phenoxy) is 2. The van der Waals surface area contributed by atoms with E-state index in [1.807, 2.05) is 0 Å². The lowest BCUT2D eigenvalue weighted by Gasteiger charge is -2.15. The molecule has 0 aliphatic rings. The summed E-state index contributed by atoms with van der Waals surface area (Å²) in [7, 11) is 0. The molecular formula is C87H158O5. The smallest absolute Gasteiger partial charge is 0.306 e. The van der Waals surface area contributed by atoms with E-state index >= 15 is 0 Å². The maximum absolute atomic E-state index is 12.4. The van der Waals surface area contributed by atoms with Crippen LogP contribution in [0.25, 0.3) is 0 Å². The van der Waals surface area contributed by atoms with Crippen LogP contribution in [0.4, 0.5) is 0 Å². The van der Waals surface area contributed by atoms with Crippen molar-refractivity contribution in [2.75, 3.05) is 13.2 Å². The van der Waals surface area contributed by atoms with Gasteiger partial charge in [-0.3, -0.25) is 9.59 Å². The van der Waals surface area contributed by atoms with Gasteiger partial charge in [0.05, 0.1) is 6.61 Å². The Balaban J connectivity index is 3.38. The third-order valence-electron chi connectivity index (χ3n) is 18.7. The Morgan fingerprint density at radius 2 is 0.467 bits per heavy atom. The van der Waals surface area contributed by atoms with Crippen LogP contribution in [0.15, 0.2) is 85.1 Å². The van der Waals surface area contributed by atoms with Gasteiger partial charge in [0.2, 0.25) is 0 Å². The average Bonchev–Trinajstić information content (AvgIpc) is 3.75. The highest BCUT2D eigenvalue weighted by Gasteiger charge is 2.16. The Kier molecular flexibility index (Phi) is 79.7. The van der Waals surface area contributed by atoms with Crippen molar-refractivity contribution >= 4 is 11.9 Å². The van der Waals surface area contributed by atoms with E-state index in [1.165, 1.54) is 340 Å². The monoisotopic (exact) mass is 1280 g/mol. The minimum Gasteiger partial charge on any atom is -0.462 e. The van der Waals surface area contributed by atoms with Crippen LogP contribution in [0.1, 0.15) is 438 Å². The fourth-order valence-corrected chi connectivity index (χ4v) is 12.6. The number of unbranched alkanes of at least 4 members (excludes halogenated alkanes) is 55. The van der Waals surface area contributed by atoms with Gasteiger partial charge in [-0.2, -0.15) is 0 Å². The van der Waals surface area contributed by atoms with Crippen LogP contribution >= 0.6 is 0 Å². The van der Waals surface area contributed by atoms with E-state index in [0.717, 1.165) is 70.6 Å². The summed E-state index contributed by atoms with van der Waals surface area (Å²) in [5, 5.41) is 9.74. The molecule has 0 aromatic rings. The van der Waals surface area contributed by atoms with Crippen LogP contribution in [0.2, 0.25) is 0 Å². The van der Waals surface area contributed by atoms with Crippen LogP contribution in [0, 0.1) is 0 Å². The van der Waals surface area contributed by atoms with E-state index in [4.69, 9.17) is 9.47 Å². The molecule has 0 saturated heterocycles. The van der Waals surface area contributed by atoms with E-state index in [1.54, 1.807) is 0 Å². The van der Waals surface area contributed by atoms with Crippen molar-refractivity contribution < 1.29 is 24.2 Å². The lowest BCUT2D eigenvalue weighted by molar-refractivity contribution is -0.161. The van der Waals surface area contributed by atoms with Crippen molar-refractivity contribution in [1.82, 2.24) is 0 Å². The molecule has 536 valence electrons. The summed E-state index contributed by atoms with van der Waals surface area (Å²) in [5.74, 6) is -0.567. The van der Waals surface area contributed by atoms with Gasteiger partial charge in [0.25, 0.3) is 0 Å². The van der Waals surface area contributed by atoms with Gasteiger partial charge in [-0.15, -0.1) is 0 Å². The van der Waals surface area contributed by atoms with Gasteiger partial charge in [0.1, 0.15) is 6.61 Å². The molecule has 0 heterocycles. The van der Waals surface area contributed by atoms with Gasteiger partial charge < -0.3 is 14.6 Å². The van der Waals surface area contributed by atoms with Crippen LogP contribution in [0.5, 0.6) is 0 Å². The predicted octanol–water partition coefficient (Wildman–Crippen LogP) is 29.1. The Hall–Kier alpha value is -2.92. The molecule has 0 fully saturated rings. The number of aliphatic hydroxyl groups excluding tert-OH is 1. The minimum absolute atomic E-state index is 0.0611. The summed E-state index contributed by atoms with van der Waals surface area (Å²) in [5.41, 5.74) is 0. The third-order valence-corrected chi connectivity index (χ3v) is 18.7. The summed E-state index contributed by atoms with van der Waals surface area (Å²) in [6.45, 7) is 4.08. The molecule has 1 atom stereocenters. The molecule has 5 nitrogen and oxygen atoms in total. The van der Waals surface area contributed by atoms with Crippen LogP contribution in [-0.2, 0) is 19.1 Å². The van der Waals surface area contributed by atoms with Gasteiger partial charge in [0.15, 0.2) is 6.10 Å². The van der Waals surface area contributed by atoms with E-state index in [2.05, 4.69) is 98.9 Å². The second-order valence-corrected chi connectivity index (χ2v) is 27.8. The fourth-order valence-electron chi connectivity index (χ4n) is 12.6. The fraction of sp³-hybridized carbons (Fsp3) is 0.816. The molecule has 5 heteroatoms. The number of aliphatic hydroxyl groups is 1. The van der Waals surface area contributed by atoms with E-state index in [0.29, 0.717) is 12.8 Å². The first-order valence-corrected chi connectivity index (χ1v) is 41.1. The maximum Gasteiger partial charge on any atom is 0.306 e. The zero-order valence-electron chi connectivity index (χ0n) is 61.8. The molecule has 0 amide bonds. The van der Waals surface area contributed by atoms with Crippen molar-refractivity contribution in [1.29, 1.82) is 0 Å². The number of carbonyl (C=O) groups is 2. The molecule has 1 unspecified atom stereocenters. The first-order valence-electron chi connectivity index (χ1n) is 41.1. The van der Waals surface area contributed by atoms with Crippen molar-refractivity contribution in [3.8, 4) is 0 Å². The lowest BCUT2D eigenvalue weighted by Crippen LogP contribution is -2.28. The van der Waals surface area contributed by atoms with Gasteiger partial charge in [-0.25, -0.2) is 0 Å². The van der Waals surface area contributed by atoms with Crippen LogP contribution in [-0.4, -0.2) is 36.4 Å². The van der Waals surface area contributed by atoms with E-state index in [9.17, 15) is 14.7 Å². The molecule has 0 rings (SSSR count). The number of esters is 2. The molecule has 0 saturated carbocycles. The molecular weight excluding hydrogens is 1120 g/mol. The third kappa shape index (κ3) is 79.5. The van der Waals surface area contributed by atoms with E-state index in [-0.39, 0.29) is 25.2 Å². The van der Waals surface area contributed by atoms with Crippen molar-refractivity contribution in [3.05, 3.63) is 85.1 Å². The standard InChI is InChI=1S/C87H158O5/c1-3-5-7-9-11-13-15-17-19-21-23-25-27-29-31-33-35-37-39-41-43-45-47-49-51-53-55-57-59-61-63-65-67-69-71-73-75-77-79-81-86(89)91-84-85(83-88)92-87(90)82-80-78-76-74-72-70-68-66-64-62-60-58-56-54-52-50-48-46-44-42-40-38-36-34-32-30-28-26-24-22-20-18-16-14-12-10-8-6-4-2/h6,8,12,14,18,20-21,23-24,26,30,32,36,38,85,88H,3-5,7,9-11,13,15-17,19,22,25,27-29,31,33-35,37,39-84H2,1-2H3/b8-6-,14-12-,20-18-,23-21-,26-24-,32-30-,38-36-. The highest BCUT2D eigenvalue weighted by Crippen LogP contribution is 2.20. The summed E-state index contributed by atoms with van der Waals surface area (Å²) in [4.78, 5) is 24.7. The molecule has 0 aromatic carbocycles. The number of hydrogen-bond acceptors (Lipinski definition) is 5. The summed E-state index contributed by atoms with van der Waals surface area (Å²) < 4.78 is 10.8. The molecule has 0 aliphatic carbocycles. The van der Waals surface area contributed by atoms with Crippen LogP contribution < -0.4 is 0 Å². The maximum atomic E-state index is 12.4.